The molecule has 0 aliphatic rings. The first-order valence-corrected chi connectivity index (χ1v) is 4.64. The van der Waals surface area contributed by atoms with Crippen molar-refractivity contribution in [3.8, 4) is 0 Å². The van der Waals surface area contributed by atoms with Crippen LogP contribution in [-0.4, -0.2) is 10.9 Å². The van der Waals surface area contributed by atoms with Crippen LogP contribution in [0.3, 0.4) is 0 Å². The minimum Gasteiger partial charge on any atom is -0.413 e. The van der Waals surface area contributed by atoms with E-state index in [0.29, 0.717) is 5.30 Å². The Kier molecular flexibility index (Phi) is 3.20. The summed E-state index contributed by atoms with van der Waals surface area (Å²) in [7, 11) is -1.76. The van der Waals surface area contributed by atoms with E-state index in [9.17, 15) is 9.69 Å². The molecule has 1 aromatic rings. The van der Waals surface area contributed by atoms with Gasteiger partial charge < -0.3 is 9.42 Å². The van der Waals surface area contributed by atoms with Gasteiger partial charge in [-0.2, -0.15) is 0 Å². The summed E-state index contributed by atoms with van der Waals surface area (Å²) in [6.07, 6.45) is 0. The minimum atomic E-state index is -1.76. The molecular formula is C8H9O3P. The Hall–Kier alpha value is -0.920. The predicted molar refractivity (Wildman–Crippen MR) is 47.0 cm³/mol. The molecule has 12 heavy (non-hydrogen) atoms. The van der Waals surface area contributed by atoms with Gasteiger partial charge in [-0.3, -0.25) is 4.79 Å². The Bertz CT molecular complexity index is 260. The molecule has 3 nitrogen and oxygen atoms in total. The van der Waals surface area contributed by atoms with E-state index in [0.717, 1.165) is 0 Å². The van der Waals surface area contributed by atoms with Gasteiger partial charge in [0.1, 0.15) is 0 Å². The Balaban J connectivity index is 2.65. The molecule has 0 aliphatic heterocycles. The molecule has 0 saturated heterocycles. The summed E-state index contributed by atoms with van der Waals surface area (Å²) in [6, 6.07) is 8.83. The molecule has 0 amide bonds. The number of carbonyl (C=O) groups excluding carboxylic acids is 1. The fraction of sp³-hybridized carbons (Fsp3) is 0.125. The van der Waals surface area contributed by atoms with Crippen molar-refractivity contribution in [1.29, 1.82) is 0 Å². The van der Waals surface area contributed by atoms with E-state index in [-0.39, 0.29) is 0 Å². The molecule has 1 aromatic carbocycles. The van der Waals surface area contributed by atoms with Gasteiger partial charge in [0.2, 0.25) is 0 Å². The number of hydrogen-bond acceptors (Lipinski definition) is 3. The molecule has 64 valence electrons. The summed E-state index contributed by atoms with van der Waals surface area (Å²) < 4.78 is 4.62. The minimum absolute atomic E-state index is 0.465. The lowest BCUT2D eigenvalue weighted by atomic mass is 10.4. The Morgan fingerprint density at radius 3 is 2.50 bits per heavy atom. The lowest BCUT2D eigenvalue weighted by molar-refractivity contribution is -0.131. The van der Waals surface area contributed by atoms with Crippen molar-refractivity contribution in [2.45, 2.75) is 6.92 Å². The van der Waals surface area contributed by atoms with Crippen LogP contribution in [0.5, 0.6) is 0 Å². The smallest absolute Gasteiger partial charge is 0.307 e. The summed E-state index contributed by atoms with van der Waals surface area (Å²) >= 11 is 0. The fourth-order valence-electron chi connectivity index (χ4n) is 0.730. The molecule has 1 N–H and O–H groups in total. The van der Waals surface area contributed by atoms with E-state index >= 15 is 0 Å². The summed E-state index contributed by atoms with van der Waals surface area (Å²) in [6.45, 7) is 1.27. The van der Waals surface area contributed by atoms with E-state index < -0.39 is 14.3 Å². The molecule has 1 atom stereocenters. The number of benzene rings is 1. The molecule has 0 aliphatic carbocycles. The van der Waals surface area contributed by atoms with E-state index in [1.165, 1.54) is 6.92 Å². The van der Waals surface area contributed by atoms with Crippen molar-refractivity contribution < 1.29 is 14.2 Å². The highest BCUT2D eigenvalue weighted by Crippen LogP contribution is 2.29. The van der Waals surface area contributed by atoms with Crippen LogP contribution in [-0.2, 0) is 9.32 Å². The Labute approximate surface area is 71.9 Å². The fourth-order valence-corrected chi connectivity index (χ4v) is 1.51. The molecule has 1 unspecified atom stereocenters. The normalized spacial score (nSPS) is 12.2. The number of carbonyl (C=O) groups is 1. The summed E-state index contributed by atoms with van der Waals surface area (Å²) in [5.74, 6) is -0.465. The molecular weight excluding hydrogens is 175 g/mol. The zero-order valence-electron chi connectivity index (χ0n) is 6.60. The third-order valence-electron chi connectivity index (χ3n) is 1.19. The van der Waals surface area contributed by atoms with Crippen molar-refractivity contribution in [2.75, 3.05) is 0 Å². The van der Waals surface area contributed by atoms with Gasteiger partial charge in [0.05, 0.1) is 0 Å². The standard InChI is InChI=1S/C8H9O3P/c1-7(9)11-12(10)8-5-3-2-4-6-8/h2-6,10H,1H3. The Morgan fingerprint density at radius 2 is 2.00 bits per heavy atom. The van der Waals surface area contributed by atoms with Crippen molar-refractivity contribution >= 4 is 19.6 Å². The monoisotopic (exact) mass is 184 g/mol. The highest BCUT2D eigenvalue weighted by molar-refractivity contribution is 7.55. The molecule has 0 aromatic heterocycles. The molecule has 1 rings (SSSR count). The quantitative estimate of drug-likeness (QED) is 0.702. The molecule has 0 spiro atoms. The van der Waals surface area contributed by atoms with Gasteiger partial charge in [0.15, 0.2) is 0 Å². The largest absolute Gasteiger partial charge is 0.413 e. The van der Waals surface area contributed by atoms with E-state index in [1.807, 2.05) is 6.07 Å². The van der Waals surface area contributed by atoms with Gasteiger partial charge in [-0.05, 0) is 12.1 Å². The van der Waals surface area contributed by atoms with Crippen molar-refractivity contribution in [1.82, 2.24) is 0 Å². The highest BCUT2D eigenvalue weighted by Gasteiger charge is 2.10. The second-order valence-electron chi connectivity index (χ2n) is 2.19. The lowest BCUT2D eigenvalue weighted by Gasteiger charge is -2.07. The third-order valence-corrected chi connectivity index (χ3v) is 2.36. The molecule has 0 radical (unpaired) electrons. The molecule has 0 saturated carbocycles. The zero-order valence-corrected chi connectivity index (χ0v) is 7.49. The van der Waals surface area contributed by atoms with Crippen LogP contribution in [0.1, 0.15) is 6.92 Å². The average Bonchev–Trinajstić information content (AvgIpc) is 2.05. The van der Waals surface area contributed by atoms with E-state index in [2.05, 4.69) is 4.52 Å². The SMILES string of the molecule is CC(=O)OP(O)c1ccccc1. The molecule has 0 heterocycles. The summed E-state index contributed by atoms with van der Waals surface area (Å²) in [5, 5.41) is 0.641. The maximum atomic E-state index is 10.5. The van der Waals surface area contributed by atoms with Crippen LogP contribution in [0, 0.1) is 0 Å². The van der Waals surface area contributed by atoms with Gasteiger partial charge in [-0.1, -0.05) is 18.2 Å². The second-order valence-corrected chi connectivity index (χ2v) is 3.44. The van der Waals surface area contributed by atoms with Gasteiger partial charge in [-0.15, -0.1) is 0 Å². The number of rotatable bonds is 2. The van der Waals surface area contributed by atoms with Crippen LogP contribution in [0.15, 0.2) is 30.3 Å². The maximum Gasteiger partial charge on any atom is 0.307 e. The lowest BCUT2D eigenvalue weighted by Crippen LogP contribution is -2.04. The zero-order chi connectivity index (χ0) is 8.97. The first-order chi connectivity index (χ1) is 5.70. The van der Waals surface area contributed by atoms with Crippen molar-refractivity contribution in [3.05, 3.63) is 30.3 Å². The highest BCUT2D eigenvalue weighted by atomic mass is 31.2. The van der Waals surface area contributed by atoms with E-state index in [4.69, 9.17) is 0 Å². The van der Waals surface area contributed by atoms with Gasteiger partial charge in [-0.25, -0.2) is 0 Å². The van der Waals surface area contributed by atoms with Gasteiger partial charge in [0.25, 0.3) is 8.38 Å². The number of hydrogen-bond donors (Lipinski definition) is 1. The second kappa shape index (κ2) is 4.19. The Morgan fingerprint density at radius 1 is 1.42 bits per heavy atom. The van der Waals surface area contributed by atoms with Crippen molar-refractivity contribution in [3.63, 3.8) is 0 Å². The van der Waals surface area contributed by atoms with Crippen LogP contribution < -0.4 is 5.30 Å². The van der Waals surface area contributed by atoms with Crippen LogP contribution in [0.4, 0.5) is 0 Å². The van der Waals surface area contributed by atoms with E-state index in [1.54, 1.807) is 24.3 Å². The van der Waals surface area contributed by atoms with Gasteiger partial charge >= 0.3 is 5.97 Å². The van der Waals surface area contributed by atoms with Crippen LogP contribution in [0.25, 0.3) is 0 Å². The third kappa shape index (κ3) is 2.61. The van der Waals surface area contributed by atoms with Crippen LogP contribution >= 0.6 is 8.38 Å². The maximum absolute atomic E-state index is 10.5. The topological polar surface area (TPSA) is 46.5 Å². The summed E-state index contributed by atoms with van der Waals surface area (Å²) in [5.41, 5.74) is 0. The first kappa shape index (κ1) is 9.17. The summed E-state index contributed by atoms with van der Waals surface area (Å²) in [4.78, 5) is 19.8. The average molecular weight is 184 g/mol. The van der Waals surface area contributed by atoms with Gasteiger partial charge in [0, 0.05) is 12.2 Å². The van der Waals surface area contributed by atoms with Crippen LogP contribution in [0.2, 0.25) is 0 Å². The molecule has 0 fully saturated rings. The first-order valence-electron chi connectivity index (χ1n) is 3.43. The molecule has 4 heteroatoms. The van der Waals surface area contributed by atoms with Crippen molar-refractivity contribution in [2.24, 2.45) is 0 Å². The predicted octanol–water partition coefficient (Wildman–Crippen LogP) is 1.18. The molecule has 0 bridgehead atoms.